The molecule has 0 N–H and O–H groups in total. The highest BCUT2D eigenvalue weighted by Gasteiger charge is 2.36. The fraction of sp³-hybridized carbons (Fsp3) is 0.350. The lowest BCUT2D eigenvalue weighted by Gasteiger charge is -2.31. The highest BCUT2D eigenvalue weighted by atomic mass is 32.2. The Morgan fingerprint density at radius 3 is 2.86 bits per heavy atom. The number of aromatic nitrogens is 2. The molecule has 0 unspecified atom stereocenters. The summed E-state index contributed by atoms with van der Waals surface area (Å²) in [5.41, 5.74) is 4.37. The minimum absolute atomic E-state index is 0.0885. The van der Waals surface area contributed by atoms with Crippen LogP contribution in [0.5, 0.6) is 0 Å². The third-order valence-electron chi connectivity index (χ3n) is 4.71. The zero-order valence-corrected chi connectivity index (χ0v) is 18.6. The molecule has 3 aromatic heterocycles. The van der Waals surface area contributed by atoms with E-state index >= 15 is 0 Å². The number of carbonyl (C=O) groups excluding carboxylic acids is 1. The Labute approximate surface area is 176 Å². The van der Waals surface area contributed by atoms with Crippen LogP contribution in [-0.4, -0.2) is 34.8 Å². The molecule has 1 aliphatic rings. The molecular weight excluding hydrogens is 410 g/mol. The molecule has 0 bridgehead atoms. The van der Waals surface area contributed by atoms with Crippen molar-refractivity contribution in [2.75, 3.05) is 13.4 Å². The van der Waals surface area contributed by atoms with Gasteiger partial charge < -0.3 is 4.84 Å². The molecule has 0 fully saturated rings. The van der Waals surface area contributed by atoms with Gasteiger partial charge in [0.2, 0.25) is 0 Å². The van der Waals surface area contributed by atoms with Crippen LogP contribution in [0.15, 0.2) is 39.1 Å². The van der Waals surface area contributed by atoms with E-state index in [4.69, 9.17) is 4.84 Å². The van der Waals surface area contributed by atoms with Gasteiger partial charge >= 0.3 is 0 Å². The first-order valence-corrected chi connectivity index (χ1v) is 11.8. The van der Waals surface area contributed by atoms with Crippen molar-refractivity contribution in [3.63, 3.8) is 0 Å². The predicted octanol–water partition coefficient (Wildman–Crippen LogP) is 5.41. The molecule has 4 rings (SSSR count). The van der Waals surface area contributed by atoms with Gasteiger partial charge in [0.25, 0.3) is 5.91 Å². The molecule has 0 saturated carbocycles. The van der Waals surface area contributed by atoms with Gasteiger partial charge in [0.1, 0.15) is 12.8 Å². The van der Waals surface area contributed by atoms with Gasteiger partial charge in [0, 0.05) is 11.8 Å². The molecule has 0 saturated heterocycles. The predicted molar refractivity (Wildman–Crippen MR) is 117 cm³/mol. The SMILES string of the molecule is CON=C1CC(C)(C)Cc2c(-c3ccn(C(=O)c4cccs4)n3)sc(SC)c21. The summed E-state index contributed by atoms with van der Waals surface area (Å²) in [4.78, 5) is 19.6. The minimum Gasteiger partial charge on any atom is -0.399 e. The molecule has 0 aliphatic heterocycles. The Kier molecular flexibility index (Phi) is 5.20. The third kappa shape index (κ3) is 3.44. The molecule has 0 atom stereocenters. The maximum Gasteiger partial charge on any atom is 0.288 e. The van der Waals surface area contributed by atoms with Crippen molar-refractivity contribution < 1.29 is 9.63 Å². The smallest absolute Gasteiger partial charge is 0.288 e. The summed E-state index contributed by atoms with van der Waals surface area (Å²) in [7, 11) is 1.60. The summed E-state index contributed by atoms with van der Waals surface area (Å²) < 4.78 is 2.65. The zero-order valence-electron chi connectivity index (χ0n) is 16.2. The molecule has 5 nitrogen and oxygen atoms in total. The van der Waals surface area contributed by atoms with Crippen LogP contribution in [0.2, 0.25) is 0 Å². The highest BCUT2D eigenvalue weighted by Crippen LogP contribution is 2.48. The van der Waals surface area contributed by atoms with Crippen molar-refractivity contribution in [2.24, 2.45) is 10.6 Å². The molecule has 1 aliphatic carbocycles. The Hall–Kier alpha value is -1.90. The first-order chi connectivity index (χ1) is 13.4. The van der Waals surface area contributed by atoms with Crippen molar-refractivity contribution in [1.29, 1.82) is 0 Å². The molecule has 3 aromatic rings. The van der Waals surface area contributed by atoms with Gasteiger partial charge in [-0.15, -0.1) is 34.4 Å². The fourth-order valence-electron chi connectivity index (χ4n) is 3.60. The summed E-state index contributed by atoms with van der Waals surface area (Å²) >= 11 is 4.87. The monoisotopic (exact) mass is 431 g/mol. The average molecular weight is 432 g/mol. The number of thioether (sulfide) groups is 1. The van der Waals surface area contributed by atoms with Crippen molar-refractivity contribution in [3.8, 4) is 10.6 Å². The van der Waals surface area contributed by atoms with E-state index in [9.17, 15) is 4.79 Å². The standard InChI is InChI=1S/C20H21N3O2S3/c1-20(2)10-12-16(14(11-20)22-25-3)19(26-4)28-17(12)13-7-8-23(21-13)18(24)15-6-5-9-27-15/h5-9H,10-11H2,1-4H3. The van der Waals surface area contributed by atoms with Gasteiger partial charge in [-0.25, -0.2) is 4.68 Å². The van der Waals surface area contributed by atoms with E-state index in [0.717, 1.165) is 29.1 Å². The van der Waals surface area contributed by atoms with Gasteiger partial charge in [-0.3, -0.25) is 4.79 Å². The van der Waals surface area contributed by atoms with Gasteiger partial charge in [-0.1, -0.05) is 25.1 Å². The molecule has 28 heavy (non-hydrogen) atoms. The van der Waals surface area contributed by atoms with Gasteiger partial charge in [-0.05, 0) is 47.6 Å². The molecule has 146 valence electrons. The van der Waals surface area contributed by atoms with Crippen molar-refractivity contribution >= 4 is 46.1 Å². The zero-order chi connectivity index (χ0) is 19.9. The van der Waals surface area contributed by atoms with Crippen LogP contribution in [0, 0.1) is 5.41 Å². The van der Waals surface area contributed by atoms with Crippen LogP contribution in [0.4, 0.5) is 0 Å². The summed E-state index contributed by atoms with van der Waals surface area (Å²) in [5.74, 6) is -0.0984. The third-order valence-corrected chi connectivity index (χ3v) is 7.95. The molecule has 8 heteroatoms. The van der Waals surface area contributed by atoms with Crippen molar-refractivity contribution in [1.82, 2.24) is 9.78 Å². The second-order valence-corrected chi connectivity index (χ2v) is 10.5. The van der Waals surface area contributed by atoms with Gasteiger partial charge in [0.05, 0.1) is 19.7 Å². The number of nitrogens with zero attached hydrogens (tertiary/aromatic N) is 3. The lowest BCUT2D eigenvalue weighted by Crippen LogP contribution is -2.27. The number of hydrogen-bond donors (Lipinski definition) is 0. The maximum atomic E-state index is 12.6. The van der Waals surface area contributed by atoms with E-state index < -0.39 is 0 Å². The Morgan fingerprint density at radius 1 is 1.36 bits per heavy atom. The van der Waals surface area contributed by atoms with Crippen LogP contribution >= 0.6 is 34.4 Å². The van der Waals surface area contributed by atoms with E-state index in [0.29, 0.717) is 4.88 Å². The maximum absolute atomic E-state index is 12.6. The van der Waals surface area contributed by atoms with Crippen LogP contribution < -0.4 is 0 Å². The highest BCUT2D eigenvalue weighted by molar-refractivity contribution is 8.00. The van der Waals surface area contributed by atoms with E-state index in [1.165, 1.54) is 31.4 Å². The molecule has 3 heterocycles. The molecular formula is C20H21N3O2S3. The van der Waals surface area contributed by atoms with Crippen molar-refractivity contribution in [3.05, 3.63) is 45.8 Å². The Morgan fingerprint density at radius 2 is 2.18 bits per heavy atom. The summed E-state index contributed by atoms with van der Waals surface area (Å²) in [6, 6.07) is 5.63. The fourth-order valence-corrected chi connectivity index (χ4v) is 6.32. The topological polar surface area (TPSA) is 56.5 Å². The number of fused-ring (bicyclic) bond motifs is 1. The van der Waals surface area contributed by atoms with Gasteiger partial charge in [-0.2, -0.15) is 5.10 Å². The van der Waals surface area contributed by atoms with Crippen LogP contribution in [0.3, 0.4) is 0 Å². The summed E-state index contributed by atoms with van der Waals surface area (Å²) in [6.07, 6.45) is 5.66. The van der Waals surface area contributed by atoms with E-state index in [1.807, 2.05) is 23.6 Å². The number of carbonyl (C=O) groups is 1. The Balaban J connectivity index is 1.80. The van der Waals surface area contributed by atoms with Crippen molar-refractivity contribution in [2.45, 2.75) is 30.9 Å². The molecule has 0 radical (unpaired) electrons. The second-order valence-electron chi connectivity index (χ2n) is 7.44. The number of oxime groups is 1. The molecule has 0 spiro atoms. The van der Waals surface area contributed by atoms with Gasteiger partial charge in [0.15, 0.2) is 0 Å². The summed E-state index contributed by atoms with van der Waals surface area (Å²) in [6.45, 7) is 4.50. The first-order valence-electron chi connectivity index (χ1n) is 8.88. The lowest BCUT2D eigenvalue weighted by atomic mass is 9.74. The van der Waals surface area contributed by atoms with E-state index in [-0.39, 0.29) is 11.3 Å². The normalized spacial score (nSPS) is 16.9. The largest absolute Gasteiger partial charge is 0.399 e. The van der Waals surface area contributed by atoms with E-state index in [1.54, 1.807) is 36.4 Å². The molecule has 0 amide bonds. The molecule has 0 aromatic carbocycles. The minimum atomic E-state index is -0.0984. The first kappa shape index (κ1) is 19.4. The lowest BCUT2D eigenvalue weighted by molar-refractivity contribution is 0.0949. The second kappa shape index (κ2) is 7.50. The average Bonchev–Trinajstić information content (AvgIpc) is 3.39. The van der Waals surface area contributed by atoms with Crippen LogP contribution in [0.25, 0.3) is 10.6 Å². The van der Waals surface area contributed by atoms with Crippen LogP contribution in [-0.2, 0) is 11.3 Å². The van der Waals surface area contributed by atoms with E-state index in [2.05, 4.69) is 30.4 Å². The quantitative estimate of drug-likeness (QED) is 0.410. The Bertz CT molecular complexity index is 1050. The summed E-state index contributed by atoms with van der Waals surface area (Å²) in [5, 5.41) is 10.8. The van der Waals surface area contributed by atoms with Crippen LogP contribution in [0.1, 0.15) is 41.1 Å². The number of thiophene rings is 2. The number of hydrogen-bond acceptors (Lipinski definition) is 7. The number of rotatable bonds is 4.